The summed E-state index contributed by atoms with van der Waals surface area (Å²) in [5.41, 5.74) is 6.12. The van der Waals surface area contributed by atoms with E-state index in [-0.39, 0.29) is 0 Å². The molecule has 6 heteroatoms. The topological polar surface area (TPSA) is 52.4 Å². The maximum absolute atomic E-state index is 7.87. The Hall–Kier alpha value is -6.06. The average Bonchev–Trinajstić information content (AvgIpc) is 3.68. The molecule has 42 heavy (non-hydrogen) atoms. The molecule has 0 N–H and O–H groups in total. The van der Waals surface area contributed by atoms with Crippen molar-refractivity contribution < 1.29 is 0 Å². The Labute approximate surface area is 237 Å². The summed E-state index contributed by atoms with van der Waals surface area (Å²) in [4.78, 5) is 18.0. The average molecular weight is 535 g/mol. The van der Waals surface area contributed by atoms with Crippen molar-refractivity contribution in [2.24, 2.45) is 0 Å². The number of pyridine rings is 1. The Morgan fingerprint density at radius 1 is 0.571 bits per heavy atom. The van der Waals surface area contributed by atoms with Gasteiger partial charge in [-0.2, -0.15) is 4.98 Å². The summed E-state index contributed by atoms with van der Waals surface area (Å²) in [6.07, 6.45) is 1.71. The van der Waals surface area contributed by atoms with Gasteiger partial charge in [-0.1, -0.05) is 84.4 Å². The maximum Gasteiger partial charge on any atom is 0.333 e. The van der Waals surface area contributed by atoms with Gasteiger partial charge in [0.25, 0.3) is 5.82 Å². The van der Waals surface area contributed by atoms with Crippen LogP contribution >= 0.6 is 0 Å². The molecular weight excluding hydrogens is 516 g/mol. The van der Waals surface area contributed by atoms with Crippen LogP contribution in [0.4, 0.5) is 5.82 Å². The lowest BCUT2D eigenvalue weighted by Crippen LogP contribution is -2.02. The molecule has 10 rings (SSSR count). The van der Waals surface area contributed by atoms with Crippen molar-refractivity contribution in [1.82, 2.24) is 23.9 Å². The number of para-hydroxylation sites is 2. The third kappa shape index (κ3) is 2.52. The van der Waals surface area contributed by atoms with E-state index in [1.54, 1.807) is 6.20 Å². The van der Waals surface area contributed by atoms with Crippen LogP contribution in [-0.4, -0.2) is 23.9 Å². The Morgan fingerprint density at radius 3 is 2.19 bits per heavy atom. The van der Waals surface area contributed by atoms with Gasteiger partial charge in [0.1, 0.15) is 0 Å². The van der Waals surface area contributed by atoms with Gasteiger partial charge in [-0.3, -0.25) is 4.57 Å². The van der Waals surface area contributed by atoms with Crippen molar-refractivity contribution in [3.63, 3.8) is 0 Å². The third-order valence-corrected chi connectivity index (χ3v) is 8.74. The van der Waals surface area contributed by atoms with Gasteiger partial charge in [0, 0.05) is 43.9 Å². The molecule has 5 aromatic carbocycles. The molecule has 0 saturated carbocycles. The minimum atomic E-state index is 0.299. The zero-order valence-electron chi connectivity index (χ0n) is 22.1. The molecule has 0 fully saturated rings. The zero-order chi connectivity index (χ0) is 27.5. The summed E-state index contributed by atoms with van der Waals surface area (Å²) in [6.45, 7) is 7.87. The van der Waals surface area contributed by atoms with Gasteiger partial charge in [0.2, 0.25) is 0 Å². The first-order valence-corrected chi connectivity index (χ1v) is 13.8. The molecular formula is C36H18N6. The fourth-order valence-electron chi connectivity index (χ4n) is 7.11. The van der Waals surface area contributed by atoms with Crippen molar-refractivity contribution in [3.8, 4) is 5.95 Å². The van der Waals surface area contributed by atoms with Crippen LogP contribution in [0.2, 0.25) is 0 Å². The lowest BCUT2D eigenvalue weighted by molar-refractivity contribution is 1.01. The van der Waals surface area contributed by atoms with E-state index in [9.17, 15) is 0 Å². The highest BCUT2D eigenvalue weighted by Gasteiger charge is 2.26. The second-order valence-corrected chi connectivity index (χ2v) is 10.8. The lowest BCUT2D eigenvalue weighted by Gasteiger charge is -2.06. The second-order valence-electron chi connectivity index (χ2n) is 10.8. The highest BCUT2D eigenvalue weighted by atomic mass is 15.2. The van der Waals surface area contributed by atoms with Crippen molar-refractivity contribution in [2.45, 2.75) is 0 Å². The Balaban J connectivity index is 1.53. The number of benzene rings is 5. The van der Waals surface area contributed by atoms with E-state index in [2.05, 4.69) is 104 Å². The van der Waals surface area contributed by atoms with Gasteiger partial charge in [-0.25, -0.2) is 4.98 Å². The van der Waals surface area contributed by atoms with Gasteiger partial charge in [-0.05, 0) is 41.1 Å². The first-order chi connectivity index (χ1) is 20.8. The van der Waals surface area contributed by atoms with Crippen LogP contribution in [-0.2, 0) is 0 Å². The van der Waals surface area contributed by atoms with E-state index in [1.807, 2.05) is 18.2 Å². The minimum absolute atomic E-state index is 0.299. The number of fused-ring (bicyclic) bond motifs is 13. The van der Waals surface area contributed by atoms with E-state index >= 15 is 0 Å². The van der Waals surface area contributed by atoms with E-state index in [0.29, 0.717) is 22.8 Å². The van der Waals surface area contributed by atoms with Crippen LogP contribution in [0, 0.1) is 6.57 Å². The molecule has 6 nitrogen and oxygen atoms in total. The van der Waals surface area contributed by atoms with Gasteiger partial charge in [-0.15, -0.1) is 0 Å². The first kappa shape index (κ1) is 21.7. The molecule has 0 atom stereocenters. The summed E-state index contributed by atoms with van der Waals surface area (Å²) in [7, 11) is 0. The molecule has 0 aliphatic rings. The monoisotopic (exact) mass is 534 g/mol. The van der Waals surface area contributed by atoms with Crippen molar-refractivity contribution >= 4 is 87.5 Å². The predicted molar refractivity (Wildman–Crippen MR) is 170 cm³/mol. The first-order valence-electron chi connectivity index (χ1n) is 13.8. The molecule has 0 saturated heterocycles. The van der Waals surface area contributed by atoms with E-state index < -0.39 is 0 Å². The fraction of sp³-hybridized carbons (Fsp3) is 0. The predicted octanol–water partition coefficient (Wildman–Crippen LogP) is 8.98. The van der Waals surface area contributed by atoms with E-state index in [0.717, 1.165) is 21.8 Å². The van der Waals surface area contributed by atoms with Gasteiger partial charge in [0.15, 0.2) is 5.65 Å². The molecule has 0 aliphatic heterocycles. The van der Waals surface area contributed by atoms with Crippen molar-refractivity contribution in [3.05, 3.63) is 121 Å². The Bertz CT molecular complexity index is 2810. The fourth-order valence-corrected chi connectivity index (χ4v) is 7.11. The molecule has 192 valence electrons. The molecule has 0 unspecified atom stereocenters. The smallest absolute Gasteiger partial charge is 0.333 e. The van der Waals surface area contributed by atoms with Crippen LogP contribution in [0.3, 0.4) is 0 Å². The molecule has 5 aromatic heterocycles. The highest BCUT2D eigenvalue weighted by molar-refractivity contribution is 6.38. The summed E-state index contributed by atoms with van der Waals surface area (Å²) in [6, 6.07) is 36.1. The normalized spacial score (nSPS) is 12.3. The summed E-state index contributed by atoms with van der Waals surface area (Å²) in [5.74, 6) is 0.748. The van der Waals surface area contributed by atoms with E-state index in [1.165, 1.54) is 48.9 Å². The standard InChI is InChI=1S/C36H18N6/c1-37-34-24-13-8-18-38-35(24)40-36(39-34)42-27-15-7-5-12-23(27)31-29(42)19-25-22-11-4-6-14-26(22)41-28-17-16-20-9-2-3-10-21(20)30(28)32(31)33(25)41/h2-19H. The molecule has 10 aromatic rings. The maximum atomic E-state index is 7.87. The molecule has 0 bridgehead atoms. The molecule has 0 radical (unpaired) electrons. The summed E-state index contributed by atoms with van der Waals surface area (Å²) in [5, 5.41) is 10.2. The number of hydrogen-bond acceptors (Lipinski definition) is 3. The van der Waals surface area contributed by atoms with Crippen LogP contribution < -0.4 is 0 Å². The van der Waals surface area contributed by atoms with Crippen LogP contribution in [0.5, 0.6) is 0 Å². The number of aromatic nitrogens is 5. The number of hydrogen-bond donors (Lipinski definition) is 0. The molecule has 5 heterocycles. The zero-order valence-corrected chi connectivity index (χ0v) is 22.1. The van der Waals surface area contributed by atoms with Crippen LogP contribution in [0.25, 0.3) is 92.5 Å². The van der Waals surface area contributed by atoms with Crippen molar-refractivity contribution in [2.75, 3.05) is 0 Å². The van der Waals surface area contributed by atoms with Crippen molar-refractivity contribution in [1.29, 1.82) is 0 Å². The highest BCUT2D eigenvalue weighted by Crippen LogP contribution is 2.48. The Kier molecular flexibility index (Phi) is 3.91. The largest absolute Gasteiger partial charge is 0.360 e. The molecule has 0 aliphatic carbocycles. The van der Waals surface area contributed by atoms with Gasteiger partial charge < -0.3 is 9.25 Å². The quantitative estimate of drug-likeness (QED) is 0.198. The summed E-state index contributed by atoms with van der Waals surface area (Å²) >= 11 is 0. The van der Waals surface area contributed by atoms with Gasteiger partial charge >= 0.3 is 5.95 Å². The second kappa shape index (κ2) is 7.57. The van der Waals surface area contributed by atoms with Crippen LogP contribution in [0.15, 0.2) is 109 Å². The number of nitrogens with zero attached hydrogens (tertiary/aromatic N) is 6. The number of rotatable bonds is 1. The van der Waals surface area contributed by atoms with Crippen LogP contribution in [0.1, 0.15) is 0 Å². The van der Waals surface area contributed by atoms with E-state index in [4.69, 9.17) is 16.5 Å². The molecule has 0 spiro atoms. The minimum Gasteiger partial charge on any atom is -0.360 e. The SMILES string of the molecule is [C-]#[N+]c1nc(-n2c3ccccc3c3c4c5c6ccccc6ccc5n5c6ccccc6c(cc32)c45)nc2ncccc12. The third-order valence-electron chi connectivity index (χ3n) is 8.74. The summed E-state index contributed by atoms with van der Waals surface area (Å²) < 4.78 is 4.54. The van der Waals surface area contributed by atoms with Gasteiger partial charge in [0.05, 0.1) is 27.6 Å². The molecule has 0 amide bonds. The Morgan fingerprint density at radius 2 is 1.31 bits per heavy atom. The lowest BCUT2D eigenvalue weighted by atomic mass is 9.98.